The van der Waals surface area contributed by atoms with Crippen molar-refractivity contribution in [3.05, 3.63) is 30.7 Å². The molecule has 8 nitrogen and oxygen atoms in total. The van der Waals surface area contributed by atoms with Crippen LogP contribution in [0.4, 0.5) is 5.82 Å². The lowest BCUT2D eigenvalue weighted by atomic mass is 9.93. The first-order chi connectivity index (χ1) is 12.3. The molecule has 1 atom stereocenters. The quantitative estimate of drug-likeness (QED) is 0.817. The third-order valence-electron chi connectivity index (χ3n) is 4.61. The Bertz CT molecular complexity index is 673. The number of hydrogen-bond donors (Lipinski definition) is 1. The number of likely N-dealkylation sites (tertiary alicyclic amines) is 1. The van der Waals surface area contributed by atoms with Crippen molar-refractivity contribution in [2.45, 2.75) is 38.6 Å². The Morgan fingerprint density at radius 3 is 3.04 bits per heavy atom. The molecule has 8 heteroatoms. The van der Waals surface area contributed by atoms with E-state index in [4.69, 9.17) is 0 Å². The molecule has 1 N–H and O–H groups in total. The van der Waals surface area contributed by atoms with Crippen LogP contribution in [-0.2, 0) is 17.8 Å². The van der Waals surface area contributed by atoms with Gasteiger partial charge in [0, 0.05) is 45.5 Å². The van der Waals surface area contributed by atoms with E-state index in [-0.39, 0.29) is 5.91 Å². The zero-order chi connectivity index (χ0) is 17.5. The van der Waals surface area contributed by atoms with Gasteiger partial charge in [-0.3, -0.25) is 14.5 Å². The van der Waals surface area contributed by atoms with Gasteiger partial charge in [0.2, 0.25) is 5.91 Å². The summed E-state index contributed by atoms with van der Waals surface area (Å²) < 4.78 is 1.76. The van der Waals surface area contributed by atoms with Gasteiger partial charge in [-0.05, 0) is 31.6 Å². The molecule has 134 valence electrons. The first kappa shape index (κ1) is 17.3. The van der Waals surface area contributed by atoms with Crippen molar-refractivity contribution in [1.82, 2.24) is 29.6 Å². The monoisotopic (exact) mass is 343 g/mol. The van der Waals surface area contributed by atoms with Crippen LogP contribution in [0.2, 0.25) is 0 Å². The highest BCUT2D eigenvalue weighted by Crippen LogP contribution is 2.23. The number of aromatic nitrogens is 5. The standard InChI is InChI=1S/C17H25N7O/c1-18-17-15(20-6-7-21-17)10-14-4-2-8-23(11-14)16(25)5-3-9-24-13-19-12-22-24/h6-7,12-14H,2-5,8-11H2,1H3,(H,18,21). The molecule has 2 aromatic rings. The van der Waals surface area contributed by atoms with Crippen LogP contribution in [0.15, 0.2) is 25.0 Å². The summed E-state index contributed by atoms with van der Waals surface area (Å²) in [5.74, 6) is 1.51. The van der Waals surface area contributed by atoms with Crippen LogP contribution >= 0.6 is 0 Å². The molecule has 1 aliphatic rings. The molecule has 0 spiro atoms. The van der Waals surface area contributed by atoms with E-state index in [9.17, 15) is 4.79 Å². The third-order valence-corrected chi connectivity index (χ3v) is 4.61. The average molecular weight is 343 g/mol. The number of carbonyl (C=O) groups excluding carboxylic acids is 1. The van der Waals surface area contributed by atoms with Gasteiger partial charge < -0.3 is 10.2 Å². The predicted molar refractivity (Wildman–Crippen MR) is 93.8 cm³/mol. The van der Waals surface area contributed by atoms with E-state index in [1.165, 1.54) is 6.33 Å². The number of anilines is 1. The molecule has 25 heavy (non-hydrogen) atoms. The molecule has 3 heterocycles. The molecule has 3 rings (SSSR count). The van der Waals surface area contributed by atoms with Gasteiger partial charge in [-0.1, -0.05) is 0 Å². The highest BCUT2D eigenvalue weighted by Gasteiger charge is 2.24. The lowest BCUT2D eigenvalue weighted by molar-refractivity contribution is -0.133. The van der Waals surface area contributed by atoms with Gasteiger partial charge in [0.05, 0.1) is 5.69 Å². The van der Waals surface area contributed by atoms with Crippen LogP contribution in [0, 0.1) is 5.92 Å². The second-order valence-corrected chi connectivity index (χ2v) is 6.42. The van der Waals surface area contributed by atoms with E-state index in [1.807, 2.05) is 11.9 Å². The van der Waals surface area contributed by atoms with Gasteiger partial charge >= 0.3 is 0 Å². The van der Waals surface area contributed by atoms with Gasteiger partial charge in [0.25, 0.3) is 0 Å². The lowest BCUT2D eigenvalue weighted by Crippen LogP contribution is -2.40. The average Bonchev–Trinajstić information content (AvgIpc) is 3.16. The Balaban J connectivity index is 1.49. The SMILES string of the molecule is CNc1nccnc1CC1CCCN(C(=O)CCCn2cncn2)C1. The minimum atomic E-state index is 0.234. The van der Waals surface area contributed by atoms with Crippen LogP contribution in [0.5, 0.6) is 0 Å². The molecule has 0 aliphatic carbocycles. The van der Waals surface area contributed by atoms with E-state index in [1.54, 1.807) is 23.4 Å². The van der Waals surface area contributed by atoms with Crippen LogP contribution in [0.1, 0.15) is 31.4 Å². The summed E-state index contributed by atoms with van der Waals surface area (Å²) in [4.78, 5) is 27.2. The summed E-state index contributed by atoms with van der Waals surface area (Å²) in [5, 5.41) is 7.16. The molecular formula is C17H25N7O. The molecule has 0 saturated carbocycles. The van der Waals surface area contributed by atoms with Crippen molar-refractivity contribution in [2.24, 2.45) is 5.92 Å². The van der Waals surface area contributed by atoms with Crippen LogP contribution in [0.3, 0.4) is 0 Å². The van der Waals surface area contributed by atoms with Gasteiger partial charge in [-0.15, -0.1) is 0 Å². The largest absolute Gasteiger partial charge is 0.372 e. The van der Waals surface area contributed by atoms with Crippen molar-refractivity contribution in [3.8, 4) is 0 Å². The summed E-state index contributed by atoms with van der Waals surface area (Å²) in [5.41, 5.74) is 0.982. The Hall–Kier alpha value is -2.51. The Morgan fingerprint density at radius 2 is 2.24 bits per heavy atom. The van der Waals surface area contributed by atoms with Gasteiger partial charge in [-0.25, -0.2) is 9.97 Å². The molecule has 0 bridgehead atoms. The maximum absolute atomic E-state index is 12.5. The zero-order valence-electron chi connectivity index (χ0n) is 14.6. The van der Waals surface area contributed by atoms with Crippen molar-refractivity contribution < 1.29 is 4.79 Å². The smallest absolute Gasteiger partial charge is 0.222 e. The van der Waals surface area contributed by atoms with Crippen molar-refractivity contribution in [3.63, 3.8) is 0 Å². The Morgan fingerprint density at radius 1 is 1.36 bits per heavy atom. The maximum atomic E-state index is 12.5. The minimum absolute atomic E-state index is 0.234. The minimum Gasteiger partial charge on any atom is -0.372 e. The molecule has 1 fully saturated rings. The highest BCUT2D eigenvalue weighted by molar-refractivity contribution is 5.76. The van der Waals surface area contributed by atoms with Gasteiger partial charge in [0.15, 0.2) is 0 Å². The number of amides is 1. The number of hydrogen-bond acceptors (Lipinski definition) is 6. The van der Waals surface area contributed by atoms with Gasteiger partial charge in [0.1, 0.15) is 18.5 Å². The number of nitrogens with one attached hydrogen (secondary N) is 1. The molecular weight excluding hydrogens is 318 g/mol. The van der Waals surface area contributed by atoms with E-state index in [2.05, 4.69) is 25.4 Å². The predicted octanol–water partition coefficient (Wildman–Crippen LogP) is 1.37. The fourth-order valence-electron chi connectivity index (χ4n) is 3.36. The van der Waals surface area contributed by atoms with E-state index in [0.29, 0.717) is 12.3 Å². The van der Waals surface area contributed by atoms with Crippen molar-refractivity contribution in [1.29, 1.82) is 0 Å². The molecule has 1 unspecified atom stereocenters. The fourth-order valence-corrected chi connectivity index (χ4v) is 3.36. The topological polar surface area (TPSA) is 88.8 Å². The summed E-state index contributed by atoms with van der Waals surface area (Å²) in [6.45, 7) is 2.40. The van der Waals surface area contributed by atoms with Crippen molar-refractivity contribution >= 4 is 11.7 Å². The third kappa shape index (κ3) is 4.74. The number of nitrogens with zero attached hydrogens (tertiary/aromatic N) is 6. The second kappa shape index (κ2) is 8.55. The van der Waals surface area contributed by atoms with Crippen LogP contribution in [-0.4, -0.2) is 55.7 Å². The van der Waals surface area contributed by atoms with E-state index < -0.39 is 0 Å². The van der Waals surface area contributed by atoms with E-state index >= 15 is 0 Å². The number of piperidine rings is 1. The van der Waals surface area contributed by atoms with E-state index in [0.717, 1.165) is 56.8 Å². The number of carbonyl (C=O) groups is 1. The highest BCUT2D eigenvalue weighted by atomic mass is 16.2. The normalized spacial score (nSPS) is 17.5. The summed E-state index contributed by atoms with van der Waals surface area (Å²) >= 11 is 0. The van der Waals surface area contributed by atoms with Crippen molar-refractivity contribution in [2.75, 3.05) is 25.5 Å². The van der Waals surface area contributed by atoms with Gasteiger partial charge in [-0.2, -0.15) is 5.10 Å². The number of rotatable bonds is 7. The first-order valence-electron chi connectivity index (χ1n) is 8.84. The Kier molecular flexibility index (Phi) is 5.92. The molecule has 0 aromatic carbocycles. The zero-order valence-corrected chi connectivity index (χ0v) is 14.6. The first-order valence-corrected chi connectivity index (χ1v) is 8.84. The number of aryl methyl sites for hydroxylation is 1. The molecule has 1 saturated heterocycles. The van der Waals surface area contributed by atoms with Crippen LogP contribution in [0.25, 0.3) is 0 Å². The molecule has 1 aliphatic heterocycles. The lowest BCUT2D eigenvalue weighted by Gasteiger charge is -2.33. The summed E-state index contributed by atoms with van der Waals surface area (Å²) in [6.07, 6.45) is 11.0. The second-order valence-electron chi connectivity index (χ2n) is 6.42. The summed E-state index contributed by atoms with van der Waals surface area (Å²) in [7, 11) is 1.86. The fraction of sp³-hybridized carbons (Fsp3) is 0.588. The molecule has 2 aromatic heterocycles. The Labute approximate surface area is 147 Å². The summed E-state index contributed by atoms with van der Waals surface area (Å²) in [6, 6.07) is 0. The molecule has 1 amide bonds. The molecule has 0 radical (unpaired) electrons. The van der Waals surface area contributed by atoms with Crippen LogP contribution < -0.4 is 5.32 Å². The maximum Gasteiger partial charge on any atom is 0.222 e.